The van der Waals surface area contributed by atoms with Gasteiger partial charge in [-0.15, -0.1) is 0 Å². The molecule has 4 aromatic rings. The van der Waals surface area contributed by atoms with Crippen molar-refractivity contribution >= 4 is 27.6 Å². The highest BCUT2D eigenvalue weighted by Crippen LogP contribution is 2.33. The number of fused-ring (bicyclic) bond motifs is 2. The number of hydrogen-bond acceptors (Lipinski definition) is 3. The van der Waals surface area contributed by atoms with Crippen LogP contribution in [0, 0.1) is 0 Å². The van der Waals surface area contributed by atoms with Gasteiger partial charge in [0.05, 0.1) is 24.3 Å². The Balaban J connectivity index is 1.41. The highest BCUT2D eigenvalue weighted by Gasteiger charge is 2.40. The van der Waals surface area contributed by atoms with Gasteiger partial charge < -0.3 is 19.4 Å². The van der Waals surface area contributed by atoms with Gasteiger partial charge in [-0.1, -0.05) is 13.3 Å². The number of nitrogens with one attached hydrogen (secondary N) is 2. The summed E-state index contributed by atoms with van der Waals surface area (Å²) in [4.78, 5) is 17.7. The van der Waals surface area contributed by atoms with Crippen LogP contribution < -0.4 is 9.47 Å². The summed E-state index contributed by atoms with van der Waals surface area (Å²) in [7, 11) is 0. The molecular formula is C24H23F3N2O3. The number of halogens is 3. The van der Waals surface area contributed by atoms with Gasteiger partial charge in [0.2, 0.25) is 0 Å². The van der Waals surface area contributed by atoms with Crippen LogP contribution in [0.15, 0.2) is 48.8 Å². The summed E-state index contributed by atoms with van der Waals surface area (Å²) in [5, 5.41) is 1.33. The quantitative estimate of drug-likeness (QED) is 0.239. The van der Waals surface area contributed by atoms with Crippen LogP contribution in [-0.2, 0) is 6.42 Å². The molecule has 5 nitrogen and oxygen atoms in total. The topological polar surface area (TPSA) is 67.1 Å². The van der Waals surface area contributed by atoms with Crippen molar-refractivity contribution in [3.05, 3.63) is 59.9 Å². The van der Waals surface area contributed by atoms with Gasteiger partial charge in [-0.3, -0.25) is 4.79 Å². The molecule has 32 heavy (non-hydrogen) atoms. The number of ether oxygens (including phenoxy) is 2. The normalized spacial score (nSPS) is 11.9. The maximum Gasteiger partial charge on any atom is 0.454 e. The molecular weight excluding hydrogens is 421 g/mol. The molecule has 2 aromatic carbocycles. The first-order valence-electron chi connectivity index (χ1n) is 10.5. The number of Topliss-reactive ketones (excluding diaryl/α,β-unsaturated/α-hetero) is 1. The Labute approximate surface area is 182 Å². The smallest absolute Gasteiger partial charge is 0.454 e. The first-order chi connectivity index (χ1) is 15.4. The summed E-state index contributed by atoms with van der Waals surface area (Å²) in [5.41, 5.74) is 1.95. The van der Waals surface area contributed by atoms with Gasteiger partial charge in [-0.05, 0) is 42.8 Å². The molecule has 0 spiro atoms. The van der Waals surface area contributed by atoms with Gasteiger partial charge in [0.1, 0.15) is 11.5 Å². The van der Waals surface area contributed by atoms with Crippen molar-refractivity contribution in [2.45, 2.75) is 32.4 Å². The van der Waals surface area contributed by atoms with E-state index in [0.29, 0.717) is 37.3 Å². The summed E-state index contributed by atoms with van der Waals surface area (Å²) in [6, 6.07) is 10.9. The molecule has 0 radical (unpaired) electrons. The average Bonchev–Trinajstić information content (AvgIpc) is 3.40. The van der Waals surface area contributed by atoms with Crippen molar-refractivity contribution in [2.24, 2.45) is 0 Å². The molecule has 2 aromatic heterocycles. The molecule has 0 aliphatic carbocycles. The number of ketones is 1. The second kappa shape index (κ2) is 8.98. The Bertz CT molecular complexity index is 1240. The zero-order chi connectivity index (χ0) is 22.7. The minimum absolute atomic E-state index is 0.256. The van der Waals surface area contributed by atoms with Crippen LogP contribution >= 0.6 is 0 Å². The van der Waals surface area contributed by atoms with E-state index in [0.717, 1.165) is 34.8 Å². The first-order valence-corrected chi connectivity index (χ1v) is 10.5. The van der Waals surface area contributed by atoms with E-state index >= 15 is 0 Å². The number of benzene rings is 2. The molecule has 0 aliphatic heterocycles. The lowest BCUT2D eigenvalue weighted by molar-refractivity contribution is -0.0884. The second-order valence-corrected chi connectivity index (χ2v) is 7.52. The lowest BCUT2D eigenvalue weighted by atomic mass is 10.0. The van der Waals surface area contributed by atoms with E-state index in [1.165, 1.54) is 6.07 Å². The maximum atomic E-state index is 12.9. The number of carbonyl (C=O) groups excluding carboxylic acids is 1. The van der Waals surface area contributed by atoms with Crippen LogP contribution in [0.2, 0.25) is 0 Å². The minimum atomic E-state index is -4.92. The Morgan fingerprint density at radius 1 is 1.03 bits per heavy atom. The predicted octanol–water partition coefficient (Wildman–Crippen LogP) is 6.19. The number of hydrogen-bond donors (Lipinski definition) is 2. The van der Waals surface area contributed by atoms with Crippen LogP contribution in [0.3, 0.4) is 0 Å². The van der Waals surface area contributed by atoms with Crippen LogP contribution in [0.5, 0.6) is 11.5 Å². The van der Waals surface area contributed by atoms with Crippen LogP contribution in [0.4, 0.5) is 13.2 Å². The van der Waals surface area contributed by atoms with Gasteiger partial charge in [-0.2, -0.15) is 13.2 Å². The molecule has 2 heterocycles. The Hall–Kier alpha value is -3.42. The highest BCUT2D eigenvalue weighted by atomic mass is 19.4. The Morgan fingerprint density at radius 3 is 2.62 bits per heavy atom. The third kappa shape index (κ3) is 4.44. The third-order valence-electron chi connectivity index (χ3n) is 5.26. The van der Waals surface area contributed by atoms with Gasteiger partial charge in [0.25, 0.3) is 5.78 Å². The van der Waals surface area contributed by atoms with Gasteiger partial charge >= 0.3 is 6.18 Å². The van der Waals surface area contributed by atoms with Crippen molar-refractivity contribution in [1.82, 2.24) is 9.97 Å². The molecule has 0 fully saturated rings. The number of alkyl halides is 3. The van der Waals surface area contributed by atoms with Crippen LogP contribution in [-0.4, -0.2) is 35.1 Å². The fourth-order valence-electron chi connectivity index (χ4n) is 3.77. The zero-order valence-corrected chi connectivity index (χ0v) is 17.5. The van der Waals surface area contributed by atoms with E-state index in [-0.39, 0.29) is 10.9 Å². The zero-order valence-electron chi connectivity index (χ0n) is 17.5. The SMILES string of the molecule is CCCc1c(OCCCOc2ccc3[nH]ccc3c2)ccc2c(C(=O)C(F)(F)F)c[nH]c12. The molecule has 0 saturated heterocycles. The lowest BCUT2D eigenvalue weighted by Gasteiger charge is -2.13. The van der Waals surface area contributed by atoms with E-state index in [2.05, 4.69) is 9.97 Å². The van der Waals surface area contributed by atoms with Gasteiger partial charge in [-0.25, -0.2) is 0 Å². The van der Waals surface area contributed by atoms with Gasteiger partial charge in [0, 0.05) is 40.7 Å². The summed E-state index contributed by atoms with van der Waals surface area (Å²) in [6.07, 6.45) is 0.109. The molecule has 168 valence electrons. The van der Waals surface area contributed by atoms with E-state index in [9.17, 15) is 18.0 Å². The molecule has 0 unspecified atom stereocenters. The molecule has 0 saturated carbocycles. The number of carbonyl (C=O) groups is 1. The molecule has 0 bridgehead atoms. The molecule has 0 amide bonds. The fourth-order valence-corrected chi connectivity index (χ4v) is 3.77. The first kappa shape index (κ1) is 21.8. The average molecular weight is 444 g/mol. The Morgan fingerprint density at radius 2 is 1.84 bits per heavy atom. The fraction of sp³-hybridized carbons (Fsp3) is 0.292. The van der Waals surface area contributed by atoms with Crippen LogP contribution in [0.25, 0.3) is 21.8 Å². The van der Waals surface area contributed by atoms with Crippen molar-refractivity contribution in [3.8, 4) is 11.5 Å². The van der Waals surface area contributed by atoms with Crippen molar-refractivity contribution < 1.29 is 27.4 Å². The van der Waals surface area contributed by atoms with Crippen molar-refractivity contribution in [3.63, 3.8) is 0 Å². The maximum absolute atomic E-state index is 12.9. The van der Waals surface area contributed by atoms with Gasteiger partial charge in [0.15, 0.2) is 0 Å². The van der Waals surface area contributed by atoms with Crippen LogP contribution in [0.1, 0.15) is 35.7 Å². The number of aryl methyl sites for hydroxylation is 1. The number of rotatable bonds is 9. The number of H-pyrrole nitrogens is 2. The van der Waals surface area contributed by atoms with E-state index < -0.39 is 12.0 Å². The summed E-state index contributed by atoms with van der Waals surface area (Å²) >= 11 is 0. The summed E-state index contributed by atoms with van der Waals surface area (Å²) in [6.45, 7) is 2.83. The molecule has 8 heteroatoms. The molecule has 4 rings (SSSR count). The highest BCUT2D eigenvalue weighted by molar-refractivity contribution is 6.11. The monoisotopic (exact) mass is 444 g/mol. The number of aromatic amines is 2. The molecule has 0 aliphatic rings. The van der Waals surface area contributed by atoms with Crippen molar-refractivity contribution in [2.75, 3.05) is 13.2 Å². The summed E-state index contributed by atoms with van der Waals surface area (Å²) in [5.74, 6) is -0.478. The lowest BCUT2D eigenvalue weighted by Crippen LogP contribution is -2.22. The Kier molecular flexibility index (Phi) is 6.12. The molecule has 0 atom stereocenters. The summed E-state index contributed by atoms with van der Waals surface area (Å²) < 4.78 is 50.4. The van der Waals surface area contributed by atoms with E-state index in [1.807, 2.05) is 37.4 Å². The molecule has 2 N–H and O–H groups in total. The standard InChI is InChI=1S/C24H23F3N2O3/c1-2-4-18-21(8-6-17-19(14-29-22(17)18)23(30)24(25,26)27)32-12-3-11-31-16-5-7-20-15(13-16)9-10-28-20/h5-10,13-14,28-29H,2-4,11-12H2,1H3. The minimum Gasteiger partial charge on any atom is -0.493 e. The van der Waals surface area contributed by atoms with E-state index in [1.54, 1.807) is 6.07 Å². The third-order valence-corrected chi connectivity index (χ3v) is 5.26. The van der Waals surface area contributed by atoms with Crippen molar-refractivity contribution in [1.29, 1.82) is 0 Å². The predicted molar refractivity (Wildman–Crippen MR) is 117 cm³/mol. The number of aromatic nitrogens is 2. The largest absolute Gasteiger partial charge is 0.493 e. The second-order valence-electron chi connectivity index (χ2n) is 7.52. The van der Waals surface area contributed by atoms with E-state index in [4.69, 9.17) is 9.47 Å².